The minimum Gasteiger partial charge on any atom is -0.445 e. The number of rotatable bonds is 11. The molecule has 2 aromatic carbocycles. The topological polar surface area (TPSA) is 59.6 Å². The summed E-state index contributed by atoms with van der Waals surface area (Å²) in [5.41, 5.74) is 5.09. The van der Waals surface area contributed by atoms with Crippen molar-refractivity contribution in [3.05, 3.63) is 71.8 Å². The van der Waals surface area contributed by atoms with Crippen LogP contribution in [0.1, 0.15) is 30.4 Å². The van der Waals surface area contributed by atoms with Crippen LogP contribution in [0.4, 0.5) is 4.79 Å². The molecular weight excluding hydrogens is 316 g/mol. The van der Waals surface area contributed by atoms with E-state index in [-0.39, 0.29) is 6.09 Å². The number of benzene rings is 2. The first-order chi connectivity index (χ1) is 12.3. The van der Waals surface area contributed by atoms with E-state index in [2.05, 4.69) is 10.8 Å². The lowest BCUT2D eigenvalue weighted by atomic mass is 10.2. The van der Waals surface area contributed by atoms with Crippen LogP contribution in [0.15, 0.2) is 60.7 Å². The molecule has 0 radical (unpaired) electrons. The van der Waals surface area contributed by atoms with Crippen LogP contribution >= 0.6 is 0 Å². The number of carbonyl (C=O) groups excluding carboxylic acids is 1. The summed E-state index contributed by atoms with van der Waals surface area (Å²) in [6.07, 6.45) is 2.56. The Kier molecular flexibility index (Phi) is 9.15. The zero-order chi connectivity index (χ0) is 17.6. The van der Waals surface area contributed by atoms with E-state index in [4.69, 9.17) is 9.57 Å². The van der Waals surface area contributed by atoms with E-state index in [1.165, 1.54) is 0 Å². The van der Waals surface area contributed by atoms with Gasteiger partial charge in [-0.15, -0.1) is 0 Å². The maximum atomic E-state index is 11.6. The molecule has 0 heterocycles. The molecule has 0 aromatic heterocycles. The monoisotopic (exact) mass is 342 g/mol. The Labute approximate surface area is 149 Å². The van der Waals surface area contributed by atoms with Crippen molar-refractivity contribution in [1.82, 2.24) is 10.8 Å². The molecule has 0 atom stereocenters. The highest BCUT2D eigenvalue weighted by Gasteiger charge is 2.01. The SMILES string of the molecule is O=C(NCCCCCNOCc1ccccc1)OCc1ccccc1. The van der Waals surface area contributed by atoms with Crippen molar-refractivity contribution in [1.29, 1.82) is 0 Å². The van der Waals surface area contributed by atoms with Gasteiger partial charge in [-0.25, -0.2) is 10.3 Å². The average Bonchev–Trinajstić information content (AvgIpc) is 2.66. The summed E-state index contributed by atoms with van der Waals surface area (Å²) >= 11 is 0. The van der Waals surface area contributed by atoms with E-state index in [1.54, 1.807) is 0 Å². The second-order valence-electron chi connectivity index (χ2n) is 5.72. The van der Waals surface area contributed by atoms with Crippen molar-refractivity contribution in [2.45, 2.75) is 32.5 Å². The van der Waals surface area contributed by atoms with Crippen molar-refractivity contribution in [3.63, 3.8) is 0 Å². The summed E-state index contributed by atoms with van der Waals surface area (Å²) in [7, 11) is 0. The Morgan fingerprint density at radius 3 is 2.04 bits per heavy atom. The molecule has 0 fully saturated rings. The van der Waals surface area contributed by atoms with Crippen LogP contribution in [0.25, 0.3) is 0 Å². The van der Waals surface area contributed by atoms with Gasteiger partial charge >= 0.3 is 6.09 Å². The second kappa shape index (κ2) is 12.1. The van der Waals surface area contributed by atoms with Crippen LogP contribution < -0.4 is 10.8 Å². The molecule has 0 saturated heterocycles. The van der Waals surface area contributed by atoms with E-state index in [0.29, 0.717) is 19.8 Å². The highest BCUT2D eigenvalue weighted by Crippen LogP contribution is 2.01. The summed E-state index contributed by atoms with van der Waals surface area (Å²) in [5.74, 6) is 0. The molecular formula is C20H26N2O3. The van der Waals surface area contributed by atoms with Crippen molar-refractivity contribution in [2.75, 3.05) is 13.1 Å². The minimum absolute atomic E-state index is 0.301. The molecule has 1 amide bonds. The van der Waals surface area contributed by atoms with Crippen LogP contribution in [0.2, 0.25) is 0 Å². The first-order valence-corrected chi connectivity index (χ1v) is 8.68. The zero-order valence-electron chi connectivity index (χ0n) is 14.4. The van der Waals surface area contributed by atoms with Crippen LogP contribution in [0.3, 0.4) is 0 Å². The van der Waals surface area contributed by atoms with Crippen molar-refractivity contribution >= 4 is 6.09 Å². The maximum Gasteiger partial charge on any atom is 0.407 e. The first-order valence-electron chi connectivity index (χ1n) is 8.68. The van der Waals surface area contributed by atoms with E-state index >= 15 is 0 Å². The van der Waals surface area contributed by atoms with Crippen molar-refractivity contribution in [2.24, 2.45) is 0 Å². The van der Waals surface area contributed by atoms with Gasteiger partial charge in [0.25, 0.3) is 0 Å². The summed E-state index contributed by atoms with van der Waals surface area (Å²) < 4.78 is 5.15. The highest BCUT2D eigenvalue weighted by atomic mass is 16.6. The lowest BCUT2D eigenvalue weighted by Gasteiger charge is -2.08. The van der Waals surface area contributed by atoms with Crippen molar-refractivity contribution < 1.29 is 14.4 Å². The van der Waals surface area contributed by atoms with E-state index < -0.39 is 0 Å². The van der Waals surface area contributed by atoms with Gasteiger partial charge in [0.05, 0.1) is 6.61 Å². The number of carbonyl (C=O) groups is 1. The van der Waals surface area contributed by atoms with Gasteiger partial charge in [0.2, 0.25) is 0 Å². The third kappa shape index (κ3) is 8.88. The Hall–Kier alpha value is -2.37. The number of hydrogen-bond acceptors (Lipinski definition) is 4. The van der Waals surface area contributed by atoms with E-state index in [9.17, 15) is 4.79 Å². The van der Waals surface area contributed by atoms with Gasteiger partial charge in [-0.05, 0) is 24.0 Å². The number of nitrogens with one attached hydrogen (secondary N) is 2. The Morgan fingerprint density at radius 2 is 1.36 bits per heavy atom. The Morgan fingerprint density at radius 1 is 0.760 bits per heavy atom. The normalized spacial score (nSPS) is 10.4. The van der Waals surface area contributed by atoms with Gasteiger partial charge in [0, 0.05) is 13.1 Å². The molecule has 134 valence electrons. The third-order valence-electron chi connectivity index (χ3n) is 3.62. The summed E-state index contributed by atoms with van der Waals surface area (Å²) in [6.45, 7) is 2.29. The van der Waals surface area contributed by atoms with Gasteiger partial charge in [-0.3, -0.25) is 4.84 Å². The number of hydrogen-bond donors (Lipinski definition) is 2. The number of alkyl carbamates (subject to hydrolysis) is 1. The van der Waals surface area contributed by atoms with E-state index in [0.717, 1.165) is 36.9 Å². The largest absolute Gasteiger partial charge is 0.445 e. The third-order valence-corrected chi connectivity index (χ3v) is 3.62. The van der Waals surface area contributed by atoms with Crippen LogP contribution in [-0.4, -0.2) is 19.2 Å². The first kappa shape index (κ1) is 19.0. The molecule has 2 N–H and O–H groups in total. The van der Waals surface area contributed by atoms with Crippen LogP contribution in [0, 0.1) is 0 Å². The lowest BCUT2D eigenvalue weighted by molar-refractivity contribution is 0.0272. The molecule has 0 unspecified atom stereocenters. The van der Waals surface area contributed by atoms with Gasteiger partial charge in [-0.2, -0.15) is 0 Å². The number of amides is 1. The molecule has 5 heteroatoms. The molecule has 5 nitrogen and oxygen atoms in total. The average molecular weight is 342 g/mol. The van der Waals surface area contributed by atoms with Gasteiger partial charge in [0.15, 0.2) is 0 Å². The summed E-state index contributed by atoms with van der Waals surface area (Å²) in [4.78, 5) is 17.0. The predicted octanol–water partition coefficient (Wildman–Crippen LogP) is 3.80. The highest BCUT2D eigenvalue weighted by molar-refractivity contribution is 5.67. The number of hydroxylamine groups is 1. The predicted molar refractivity (Wildman–Crippen MR) is 97.7 cm³/mol. The fourth-order valence-corrected chi connectivity index (χ4v) is 2.24. The fourth-order valence-electron chi connectivity index (χ4n) is 2.24. The molecule has 2 rings (SSSR count). The van der Waals surface area contributed by atoms with Crippen LogP contribution in [0.5, 0.6) is 0 Å². The van der Waals surface area contributed by atoms with Crippen molar-refractivity contribution in [3.8, 4) is 0 Å². The smallest absolute Gasteiger partial charge is 0.407 e. The minimum atomic E-state index is -0.367. The number of ether oxygens (including phenoxy) is 1. The van der Waals surface area contributed by atoms with E-state index in [1.807, 2.05) is 60.7 Å². The Balaban J connectivity index is 1.38. The quantitative estimate of drug-likeness (QED) is 0.482. The molecule has 0 bridgehead atoms. The molecule has 0 saturated carbocycles. The molecule has 0 spiro atoms. The Bertz CT molecular complexity index is 590. The molecule has 2 aromatic rings. The maximum absolute atomic E-state index is 11.6. The molecule has 0 aliphatic rings. The number of unbranched alkanes of at least 4 members (excludes halogenated alkanes) is 2. The van der Waals surface area contributed by atoms with Gasteiger partial charge < -0.3 is 10.1 Å². The lowest BCUT2D eigenvalue weighted by Crippen LogP contribution is -2.25. The summed E-state index contributed by atoms with van der Waals surface area (Å²) in [5, 5.41) is 2.76. The standard InChI is InChI=1S/C20H26N2O3/c23-20(24-16-18-10-4-1-5-11-18)21-14-8-3-9-15-22-25-17-19-12-6-2-7-13-19/h1-2,4-7,10-13,22H,3,8-9,14-17H2,(H,21,23). The van der Waals surface area contributed by atoms with Crippen LogP contribution in [-0.2, 0) is 22.8 Å². The summed E-state index contributed by atoms with van der Waals surface area (Å²) in [6, 6.07) is 19.7. The second-order valence-corrected chi connectivity index (χ2v) is 5.72. The molecule has 0 aliphatic heterocycles. The fraction of sp³-hybridized carbons (Fsp3) is 0.350. The van der Waals surface area contributed by atoms with Gasteiger partial charge in [-0.1, -0.05) is 67.1 Å². The molecule has 0 aliphatic carbocycles. The zero-order valence-corrected chi connectivity index (χ0v) is 14.4. The molecule has 25 heavy (non-hydrogen) atoms. The van der Waals surface area contributed by atoms with Gasteiger partial charge in [0.1, 0.15) is 6.61 Å².